The highest BCUT2D eigenvalue weighted by Gasteiger charge is 2.15. The average molecular weight is 258 g/mol. The van der Waals surface area contributed by atoms with Gasteiger partial charge in [-0.1, -0.05) is 0 Å². The Kier molecular flexibility index (Phi) is 5.47. The van der Waals surface area contributed by atoms with Crippen LogP contribution in [-0.4, -0.2) is 44.0 Å². The van der Waals surface area contributed by atoms with E-state index in [1.54, 1.807) is 18.1 Å². The van der Waals surface area contributed by atoms with Crippen LogP contribution in [0.5, 0.6) is 0 Å². The predicted molar refractivity (Wildman–Crippen MR) is 62.4 cm³/mol. The normalized spacial score (nSPS) is 12.1. The summed E-state index contributed by atoms with van der Waals surface area (Å²) in [6.45, 7) is 0. The van der Waals surface area contributed by atoms with Crippen molar-refractivity contribution >= 4 is 24.1 Å². The Labute approximate surface area is 103 Å². The van der Waals surface area contributed by atoms with Gasteiger partial charge in [-0.25, -0.2) is 4.79 Å². The lowest BCUT2D eigenvalue weighted by Crippen LogP contribution is -2.36. The zero-order valence-corrected chi connectivity index (χ0v) is 10.2. The monoisotopic (exact) mass is 258 g/mol. The van der Waals surface area contributed by atoms with E-state index in [4.69, 9.17) is 5.11 Å². The highest BCUT2D eigenvalue weighted by Crippen LogP contribution is 2.11. The van der Waals surface area contributed by atoms with Gasteiger partial charge in [-0.15, -0.1) is 10.2 Å². The lowest BCUT2D eigenvalue weighted by Gasteiger charge is -2.10. The number of carbonyl (C=O) groups excluding carboxylic acids is 1. The number of hydrogen-bond donors (Lipinski definition) is 2. The molecule has 0 spiro atoms. The van der Waals surface area contributed by atoms with E-state index in [1.165, 1.54) is 0 Å². The minimum Gasteiger partial charge on any atom is -0.480 e. The number of hydrogen-bond acceptors (Lipinski definition) is 5. The molecule has 8 heteroatoms. The Balaban J connectivity index is 2.25. The molecule has 0 aliphatic rings. The van der Waals surface area contributed by atoms with Crippen LogP contribution < -0.4 is 5.32 Å². The number of amides is 1. The average Bonchev–Trinajstić information content (AvgIpc) is 2.68. The first-order valence-corrected chi connectivity index (χ1v) is 6.13. The fraction of sp³-hybridized carbons (Fsp3) is 0.556. The number of carboxylic acid groups (broad SMARTS) is 1. The number of carbonyl (C=O) groups is 2. The first-order valence-electron chi connectivity index (χ1n) is 4.98. The summed E-state index contributed by atoms with van der Waals surface area (Å²) in [5.74, 6) is 1.12. The molecular formula is C9H14N4O3S. The molecule has 1 aromatic heterocycles. The molecule has 1 rings (SSSR count). The van der Waals surface area contributed by atoms with E-state index >= 15 is 0 Å². The molecule has 0 aromatic carbocycles. The second-order valence-corrected chi connectivity index (χ2v) is 4.48. The van der Waals surface area contributed by atoms with E-state index < -0.39 is 12.0 Å². The Bertz CT molecular complexity index is 382. The number of nitrogens with zero attached hydrogens (tertiary/aromatic N) is 3. The first-order chi connectivity index (χ1) is 8.15. The van der Waals surface area contributed by atoms with Crippen LogP contribution >= 0.6 is 11.8 Å². The molecule has 1 aromatic rings. The van der Waals surface area contributed by atoms with Crippen LogP contribution in [0.1, 0.15) is 12.2 Å². The van der Waals surface area contributed by atoms with Crippen molar-refractivity contribution in [2.24, 2.45) is 7.05 Å². The van der Waals surface area contributed by atoms with Gasteiger partial charge in [0.25, 0.3) is 0 Å². The quantitative estimate of drug-likeness (QED) is 0.488. The summed E-state index contributed by atoms with van der Waals surface area (Å²) >= 11 is 1.55. The molecule has 0 radical (unpaired) electrons. The third-order valence-electron chi connectivity index (χ3n) is 2.15. The minimum atomic E-state index is -1.02. The van der Waals surface area contributed by atoms with Crippen LogP contribution in [0.4, 0.5) is 0 Å². The maximum Gasteiger partial charge on any atom is 0.326 e. The third-order valence-corrected chi connectivity index (χ3v) is 3.14. The largest absolute Gasteiger partial charge is 0.480 e. The summed E-state index contributed by atoms with van der Waals surface area (Å²) in [5.41, 5.74) is 0. The van der Waals surface area contributed by atoms with Crippen LogP contribution in [0.25, 0.3) is 0 Å². The van der Waals surface area contributed by atoms with Gasteiger partial charge in [0.2, 0.25) is 6.41 Å². The van der Waals surface area contributed by atoms with Crippen molar-refractivity contribution in [2.45, 2.75) is 18.2 Å². The van der Waals surface area contributed by atoms with Crippen LogP contribution in [0.3, 0.4) is 0 Å². The summed E-state index contributed by atoms with van der Waals surface area (Å²) in [6.07, 6.45) is 2.41. The topological polar surface area (TPSA) is 97.1 Å². The lowest BCUT2D eigenvalue weighted by molar-refractivity contribution is -0.140. The summed E-state index contributed by atoms with van der Waals surface area (Å²) in [7, 11) is 1.85. The highest BCUT2D eigenvalue weighted by atomic mass is 32.2. The molecule has 0 saturated carbocycles. The van der Waals surface area contributed by atoms with E-state index in [9.17, 15) is 9.59 Å². The summed E-state index contributed by atoms with van der Waals surface area (Å²) in [4.78, 5) is 20.9. The number of aromatic nitrogens is 3. The summed E-state index contributed by atoms with van der Waals surface area (Å²) in [6, 6.07) is -0.820. The zero-order chi connectivity index (χ0) is 12.7. The zero-order valence-electron chi connectivity index (χ0n) is 9.37. The van der Waals surface area contributed by atoms with E-state index in [0.717, 1.165) is 5.82 Å². The smallest absolute Gasteiger partial charge is 0.326 e. The molecule has 1 heterocycles. The van der Waals surface area contributed by atoms with Gasteiger partial charge in [-0.3, -0.25) is 4.79 Å². The van der Waals surface area contributed by atoms with Gasteiger partial charge < -0.3 is 15.0 Å². The van der Waals surface area contributed by atoms with Crippen molar-refractivity contribution in [3.05, 3.63) is 12.2 Å². The van der Waals surface area contributed by atoms with Gasteiger partial charge in [-0.05, 0) is 12.2 Å². The van der Waals surface area contributed by atoms with Crippen molar-refractivity contribution in [3.8, 4) is 0 Å². The molecule has 1 atom stereocenters. The minimum absolute atomic E-state index is 0.386. The fourth-order valence-corrected chi connectivity index (χ4v) is 2.15. The number of carboxylic acids is 1. The maximum absolute atomic E-state index is 10.7. The third kappa shape index (κ3) is 4.43. The van der Waals surface area contributed by atoms with E-state index in [1.807, 2.05) is 11.6 Å². The molecule has 17 heavy (non-hydrogen) atoms. The number of aryl methyl sites for hydroxylation is 1. The summed E-state index contributed by atoms with van der Waals surface area (Å²) in [5, 5.41) is 18.7. The van der Waals surface area contributed by atoms with Gasteiger partial charge in [-0.2, -0.15) is 11.8 Å². The van der Waals surface area contributed by atoms with Gasteiger partial charge in [0.1, 0.15) is 18.2 Å². The Morgan fingerprint density at radius 2 is 2.53 bits per heavy atom. The van der Waals surface area contributed by atoms with Crippen molar-refractivity contribution in [1.29, 1.82) is 0 Å². The molecule has 94 valence electrons. The van der Waals surface area contributed by atoms with Crippen molar-refractivity contribution in [3.63, 3.8) is 0 Å². The fourth-order valence-electron chi connectivity index (χ4n) is 1.16. The molecular weight excluding hydrogens is 244 g/mol. The van der Waals surface area contributed by atoms with Gasteiger partial charge >= 0.3 is 5.97 Å². The number of nitrogens with one attached hydrogen (secondary N) is 1. The summed E-state index contributed by atoms with van der Waals surface area (Å²) < 4.78 is 1.81. The molecule has 0 saturated heterocycles. The van der Waals surface area contributed by atoms with Crippen LogP contribution in [0.15, 0.2) is 6.33 Å². The van der Waals surface area contributed by atoms with Crippen LogP contribution in [-0.2, 0) is 22.4 Å². The van der Waals surface area contributed by atoms with Crippen molar-refractivity contribution in [2.75, 3.05) is 5.75 Å². The maximum atomic E-state index is 10.7. The second kappa shape index (κ2) is 6.89. The molecule has 0 aliphatic carbocycles. The van der Waals surface area contributed by atoms with Crippen LogP contribution in [0.2, 0.25) is 0 Å². The van der Waals surface area contributed by atoms with Gasteiger partial charge in [0, 0.05) is 7.05 Å². The molecule has 1 unspecified atom stereocenters. The first kappa shape index (κ1) is 13.5. The van der Waals surface area contributed by atoms with Crippen molar-refractivity contribution < 1.29 is 14.7 Å². The van der Waals surface area contributed by atoms with Crippen LogP contribution in [0, 0.1) is 0 Å². The number of thioether (sulfide) groups is 1. The Morgan fingerprint density at radius 3 is 3.06 bits per heavy atom. The second-order valence-electron chi connectivity index (χ2n) is 3.37. The molecule has 0 aliphatic heterocycles. The van der Waals surface area contributed by atoms with E-state index in [-0.39, 0.29) is 0 Å². The lowest BCUT2D eigenvalue weighted by atomic mass is 10.2. The highest BCUT2D eigenvalue weighted by molar-refractivity contribution is 7.98. The van der Waals surface area contributed by atoms with Gasteiger partial charge in [0.15, 0.2) is 0 Å². The Hall–Kier alpha value is -1.57. The molecule has 0 bridgehead atoms. The van der Waals surface area contributed by atoms with Crippen molar-refractivity contribution in [1.82, 2.24) is 20.1 Å². The molecule has 2 N–H and O–H groups in total. The standard InChI is InChI=1S/C9H14N4O3S/c1-13-5-11-12-8(13)4-17-3-2-7(9(15)16)10-6-14/h5-7H,2-4H2,1H3,(H,10,14)(H,15,16). The van der Waals surface area contributed by atoms with Gasteiger partial charge in [0.05, 0.1) is 5.75 Å². The van der Waals surface area contributed by atoms with E-state index in [2.05, 4.69) is 15.5 Å². The molecule has 0 fully saturated rings. The SMILES string of the molecule is Cn1cnnc1CSCCC(NC=O)C(=O)O. The molecule has 7 nitrogen and oxygen atoms in total. The Morgan fingerprint density at radius 1 is 1.76 bits per heavy atom. The number of rotatable bonds is 8. The predicted octanol–water partition coefficient (Wildman–Crippen LogP) is -0.362. The molecule has 1 amide bonds. The van der Waals surface area contributed by atoms with E-state index in [0.29, 0.717) is 24.3 Å². The number of aliphatic carboxylic acids is 1.